The largest absolute Gasteiger partial charge is 0.459 e. The van der Waals surface area contributed by atoms with Crippen LogP contribution in [-0.4, -0.2) is 89.6 Å². The molecule has 1 N–H and O–H groups in total. The number of allylic oxidation sites excluding steroid dienone is 1. The fourth-order valence-electron chi connectivity index (χ4n) is 7.49. The molecule has 0 bridgehead atoms. The highest BCUT2D eigenvalue weighted by Crippen LogP contribution is 2.61. The maximum absolute atomic E-state index is 13.4. The van der Waals surface area contributed by atoms with Gasteiger partial charge >= 0.3 is 23.9 Å². The summed E-state index contributed by atoms with van der Waals surface area (Å²) in [5.74, 6) is -3.41. The molecule has 0 radical (unpaired) electrons. The van der Waals surface area contributed by atoms with Gasteiger partial charge in [0, 0.05) is 38.4 Å². The highest BCUT2D eigenvalue weighted by atomic mass is 16.9. The lowest BCUT2D eigenvalue weighted by Gasteiger charge is -2.43. The average Bonchev–Trinajstić information content (AvgIpc) is 3.53. The minimum atomic E-state index is -2.15. The standard InChI is InChI=1S/C35H52O13/c1-10-14-15-17-24(38)43-28-26-25(20(6)27(28)44-30(39)19(5)12-3)29-35(40,34(9)31(45-29)46-32(48-34)41-13-4)22(42-23(37)16-11-2)18-33(26,8)47-21(7)36/h12,22,26-29,31-32,40H,10-11,13-18H2,1-9H3/b19-12-/t22-,26+,27-,28-,29-,31-,32-,33-,34+,35+/m0/s1. The molecule has 2 aliphatic heterocycles. The first-order valence-corrected chi connectivity index (χ1v) is 17.1. The second-order valence-electron chi connectivity index (χ2n) is 13.4. The number of carbonyl (C=O) groups excluding carboxylic acids is 4. The van der Waals surface area contributed by atoms with Gasteiger partial charge in [0.2, 0.25) is 0 Å². The molecule has 2 aliphatic carbocycles. The number of fused-ring (bicyclic) bond motifs is 5. The summed E-state index contributed by atoms with van der Waals surface area (Å²) >= 11 is 0. The molecule has 4 aliphatic rings. The molecule has 0 spiro atoms. The van der Waals surface area contributed by atoms with Gasteiger partial charge in [0.05, 0.1) is 5.92 Å². The lowest BCUT2D eigenvalue weighted by atomic mass is 9.75. The molecule has 0 aromatic rings. The minimum absolute atomic E-state index is 0.0624. The number of unbranched alkanes of at least 4 members (excludes halogenated alkanes) is 2. The Balaban J connectivity index is 1.94. The molecule has 0 aromatic heterocycles. The molecular formula is C35H52O13. The Labute approximate surface area is 282 Å². The van der Waals surface area contributed by atoms with Gasteiger partial charge in [0.15, 0.2) is 29.7 Å². The van der Waals surface area contributed by atoms with Crippen LogP contribution in [0.15, 0.2) is 22.8 Å². The number of aliphatic hydroxyl groups is 1. The van der Waals surface area contributed by atoms with Crippen molar-refractivity contribution >= 4 is 23.9 Å². The summed E-state index contributed by atoms with van der Waals surface area (Å²) in [6.45, 7) is 14.1. The van der Waals surface area contributed by atoms with E-state index in [1.807, 2.05) is 13.8 Å². The van der Waals surface area contributed by atoms with Gasteiger partial charge in [-0.3, -0.25) is 19.1 Å². The zero-order valence-corrected chi connectivity index (χ0v) is 29.6. The van der Waals surface area contributed by atoms with Crippen molar-refractivity contribution in [3.8, 4) is 0 Å². The first-order chi connectivity index (χ1) is 22.6. The Bertz CT molecular complexity index is 1310. The molecule has 10 atom stereocenters. The maximum Gasteiger partial charge on any atom is 0.334 e. The lowest BCUT2D eigenvalue weighted by molar-refractivity contribution is -0.298. The highest BCUT2D eigenvalue weighted by Gasteiger charge is 2.78. The molecule has 13 heteroatoms. The molecule has 1 saturated carbocycles. The van der Waals surface area contributed by atoms with Gasteiger partial charge in [-0.15, -0.1) is 0 Å². The first-order valence-electron chi connectivity index (χ1n) is 17.1. The number of hydrogen-bond donors (Lipinski definition) is 1. The summed E-state index contributed by atoms with van der Waals surface area (Å²) in [5.41, 5.74) is -4.25. The number of carbonyl (C=O) groups is 4. The molecule has 270 valence electrons. The molecule has 0 amide bonds. The first kappa shape index (κ1) is 38.0. The van der Waals surface area contributed by atoms with Gasteiger partial charge in [0.1, 0.15) is 17.8 Å². The quantitative estimate of drug-likeness (QED) is 0.0963. The molecular weight excluding hydrogens is 628 g/mol. The molecule has 2 saturated heterocycles. The SMILES string of the molecule is C/C=C(/C)C(=O)O[C@H]1C(C)=C2[C@H]([C@@H]1OC(=O)CCCCC)[C@@](C)(OC(C)=O)C[C@H](OC(=O)CCC)[C@@]1(O)[C@H]2O[C@H]2O[C@H](OCC)O[C@]21C. The normalized spacial score (nSPS) is 37.3. The second kappa shape index (κ2) is 15.0. The van der Waals surface area contributed by atoms with Crippen molar-refractivity contribution in [3.05, 3.63) is 22.8 Å². The van der Waals surface area contributed by atoms with E-state index in [0.717, 1.165) is 12.8 Å². The van der Waals surface area contributed by atoms with Gasteiger partial charge in [-0.25, -0.2) is 4.79 Å². The van der Waals surface area contributed by atoms with Crippen LogP contribution in [0.5, 0.6) is 0 Å². The monoisotopic (exact) mass is 680 g/mol. The maximum atomic E-state index is 13.4. The van der Waals surface area contributed by atoms with Crippen molar-refractivity contribution in [2.24, 2.45) is 5.92 Å². The van der Waals surface area contributed by atoms with E-state index < -0.39 is 83.8 Å². The number of rotatable bonds is 13. The smallest absolute Gasteiger partial charge is 0.334 e. The molecule has 2 heterocycles. The topological polar surface area (TPSA) is 162 Å². The minimum Gasteiger partial charge on any atom is -0.459 e. The Kier molecular flexibility index (Phi) is 11.8. The van der Waals surface area contributed by atoms with Crippen molar-refractivity contribution in [2.45, 2.75) is 161 Å². The van der Waals surface area contributed by atoms with Gasteiger partial charge in [-0.05, 0) is 65.5 Å². The van der Waals surface area contributed by atoms with Gasteiger partial charge < -0.3 is 38.3 Å². The zero-order valence-electron chi connectivity index (χ0n) is 29.6. The Morgan fingerprint density at radius 2 is 1.65 bits per heavy atom. The van der Waals surface area contributed by atoms with Gasteiger partial charge in [-0.2, -0.15) is 0 Å². The van der Waals surface area contributed by atoms with E-state index in [9.17, 15) is 24.3 Å². The van der Waals surface area contributed by atoms with Crippen molar-refractivity contribution < 1.29 is 62.2 Å². The summed E-state index contributed by atoms with van der Waals surface area (Å²) in [6.07, 6.45) is -1.84. The van der Waals surface area contributed by atoms with Crippen LogP contribution in [0.2, 0.25) is 0 Å². The predicted octanol–water partition coefficient (Wildman–Crippen LogP) is 4.32. The summed E-state index contributed by atoms with van der Waals surface area (Å²) in [7, 11) is 0. The summed E-state index contributed by atoms with van der Waals surface area (Å²) in [6, 6.07) is 0. The third-order valence-electron chi connectivity index (χ3n) is 9.99. The average molecular weight is 681 g/mol. The van der Waals surface area contributed by atoms with Crippen LogP contribution in [0.1, 0.15) is 107 Å². The van der Waals surface area contributed by atoms with Crippen LogP contribution >= 0.6 is 0 Å². The molecule has 48 heavy (non-hydrogen) atoms. The molecule has 0 aromatic carbocycles. The predicted molar refractivity (Wildman–Crippen MR) is 169 cm³/mol. The van der Waals surface area contributed by atoms with Crippen molar-refractivity contribution in [1.29, 1.82) is 0 Å². The summed E-state index contributed by atoms with van der Waals surface area (Å²) < 4.78 is 48.5. The van der Waals surface area contributed by atoms with Crippen molar-refractivity contribution in [3.63, 3.8) is 0 Å². The Morgan fingerprint density at radius 1 is 0.958 bits per heavy atom. The van der Waals surface area contributed by atoms with E-state index in [1.54, 1.807) is 47.6 Å². The molecule has 3 fully saturated rings. The fraction of sp³-hybridized carbons (Fsp3) is 0.771. The van der Waals surface area contributed by atoms with Gasteiger partial charge in [0.25, 0.3) is 6.48 Å². The lowest BCUT2D eigenvalue weighted by Crippen LogP contribution is -2.65. The number of hydrogen-bond acceptors (Lipinski definition) is 13. The van der Waals surface area contributed by atoms with Gasteiger partial charge in [-0.1, -0.05) is 32.8 Å². The van der Waals surface area contributed by atoms with Crippen LogP contribution < -0.4 is 0 Å². The third-order valence-corrected chi connectivity index (χ3v) is 9.99. The second-order valence-corrected chi connectivity index (χ2v) is 13.4. The van der Waals surface area contributed by atoms with E-state index in [1.165, 1.54) is 6.92 Å². The molecule has 0 unspecified atom stereocenters. The van der Waals surface area contributed by atoms with E-state index in [-0.39, 0.29) is 25.9 Å². The zero-order chi connectivity index (χ0) is 35.6. The van der Waals surface area contributed by atoms with E-state index >= 15 is 0 Å². The Hall–Kier alpha value is -2.84. The van der Waals surface area contributed by atoms with Crippen molar-refractivity contribution in [2.75, 3.05) is 6.61 Å². The Morgan fingerprint density at radius 3 is 2.25 bits per heavy atom. The van der Waals surface area contributed by atoms with E-state index in [4.69, 9.17) is 37.9 Å². The van der Waals surface area contributed by atoms with E-state index in [0.29, 0.717) is 29.6 Å². The van der Waals surface area contributed by atoms with Crippen LogP contribution in [0.4, 0.5) is 0 Å². The highest BCUT2D eigenvalue weighted by molar-refractivity contribution is 5.88. The van der Waals surface area contributed by atoms with Crippen molar-refractivity contribution in [1.82, 2.24) is 0 Å². The number of esters is 4. The van der Waals surface area contributed by atoms with Crippen LogP contribution in [0.25, 0.3) is 0 Å². The third kappa shape index (κ3) is 6.81. The summed E-state index contributed by atoms with van der Waals surface area (Å²) in [4.78, 5) is 52.6. The van der Waals surface area contributed by atoms with Crippen LogP contribution in [0.3, 0.4) is 0 Å². The van der Waals surface area contributed by atoms with E-state index in [2.05, 4.69) is 0 Å². The molecule has 4 rings (SSSR count). The van der Waals surface area contributed by atoms with Crippen LogP contribution in [-0.2, 0) is 57.1 Å². The van der Waals surface area contributed by atoms with Crippen LogP contribution in [0, 0.1) is 5.92 Å². The fourth-order valence-corrected chi connectivity index (χ4v) is 7.49. The number of ether oxygens (including phenoxy) is 8. The summed E-state index contributed by atoms with van der Waals surface area (Å²) in [5, 5.41) is 13.1. The molecule has 13 nitrogen and oxygen atoms in total.